The van der Waals surface area contributed by atoms with Crippen LogP contribution in [0.15, 0.2) is 18.2 Å². The van der Waals surface area contributed by atoms with Crippen molar-refractivity contribution in [2.24, 2.45) is 5.92 Å². The molecule has 0 bridgehead atoms. The van der Waals surface area contributed by atoms with Crippen LogP contribution in [0.3, 0.4) is 0 Å². The van der Waals surface area contributed by atoms with Crippen molar-refractivity contribution in [3.63, 3.8) is 0 Å². The topological polar surface area (TPSA) is 77.2 Å². The molecule has 1 aliphatic carbocycles. The Morgan fingerprint density at radius 2 is 2.05 bits per heavy atom. The molecule has 4 nitrogen and oxygen atoms in total. The maximum atomic E-state index is 12.4. The average Bonchev–Trinajstić information content (AvgIpc) is 2.40. The number of sulfone groups is 1. The minimum absolute atomic E-state index is 0.0414. The predicted octanol–water partition coefficient (Wildman–Crippen LogP) is 2.71. The number of anilines is 1. The second-order valence-electron chi connectivity index (χ2n) is 5.42. The van der Waals surface area contributed by atoms with Crippen LogP contribution < -0.4 is 5.73 Å². The zero-order valence-corrected chi connectivity index (χ0v) is 12.9. The quantitative estimate of drug-likeness (QED) is 0.687. The molecule has 2 N–H and O–H groups in total. The molecule has 1 aromatic carbocycles. The van der Waals surface area contributed by atoms with Crippen molar-refractivity contribution in [2.75, 3.05) is 12.0 Å². The molecule has 1 aliphatic rings. The lowest BCUT2D eigenvalue weighted by atomic mass is 9.83. The molecule has 0 amide bonds. The van der Waals surface area contributed by atoms with Crippen LogP contribution in [0.25, 0.3) is 0 Å². The first kappa shape index (κ1) is 15.3. The van der Waals surface area contributed by atoms with Gasteiger partial charge in [-0.25, -0.2) is 8.42 Å². The van der Waals surface area contributed by atoms with Gasteiger partial charge in [0.15, 0.2) is 5.78 Å². The van der Waals surface area contributed by atoms with Crippen molar-refractivity contribution < 1.29 is 13.2 Å². The number of Topliss-reactive ketones (excluding diaryl/α,β-unsaturated/α-hetero) is 1. The SMILES string of the molecule is CS(=O)(=O)C1CCCC(C(=O)c2ccc(N)c(Cl)c2)C1. The number of carbonyl (C=O) groups excluding carboxylic acids is 1. The predicted molar refractivity (Wildman–Crippen MR) is 80.8 cm³/mol. The van der Waals surface area contributed by atoms with Crippen LogP contribution in [-0.2, 0) is 9.84 Å². The highest BCUT2D eigenvalue weighted by Gasteiger charge is 2.32. The van der Waals surface area contributed by atoms with Gasteiger partial charge in [-0.1, -0.05) is 18.0 Å². The van der Waals surface area contributed by atoms with Crippen LogP contribution in [0.2, 0.25) is 5.02 Å². The van der Waals surface area contributed by atoms with E-state index in [4.69, 9.17) is 17.3 Å². The van der Waals surface area contributed by atoms with Crippen LogP contribution in [0.4, 0.5) is 5.69 Å². The van der Waals surface area contributed by atoms with Gasteiger partial charge in [-0.3, -0.25) is 4.79 Å². The number of benzene rings is 1. The maximum absolute atomic E-state index is 12.4. The number of halogens is 1. The van der Waals surface area contributed by atoms with Crippen molar-refractivity contribution in [1.29, 1.82) is 0 Å². The van der Waals surface area contributed by atoms with Crippen molar-refractivity contribution in [2.45, 2.75) is 30.9 Å². The van der Waals surface area contributed by atoms with Crippen LogP contribution in [0.1, 0.15) is 36.0 Å². The van der Waals surface area contributed by atoms with E-state index >= 15 is 0 Å². The molecule has 0 radical (unpaired) electrons. The summed E-state index contributed by atoms with van der Waals surface area (Å²) in [6.45, 7) is 0. The van der Waals surface area contributed by atoms with Crippen LogP contribution in [-0.4, -0.2) is 25.7 Å². The lowest BCUT2D eigenvalue weighted by molar-refractivity contribution is 0.0891. The van der Waals surface area contributed by atoms with Crippen LogP contribution >= 0.6 is 11.6 Å². The molecule has 110 valence electrons. The number of hydrogen-bond donors (Lipinski definition) is 1. The Balaban J connectivity index is 2.18. The average molecular weight is 316 g/mol. The number of nitrogens with two attached hydrogens (primary N) is 1. The van der Waals surface area contributed by atoms with E-state index in [1.54, 1.807) is 18.2 Å². The lowest BCUT2D eigenvalue weighted by Crippen LogP contribution is -2.31. The van der Waals surface area contributed by atoms with Gasteiger partial charge in [0.2, 0.25) is 0 Å². The zero-order valence-electron chi connectivity index (χ0n) is 11.3. The van der Waals surface area contributed by atoms with Gasteiger partial charge >= 0.3 is 0 Å². The summed E-state index contributed by atoms with van der Waals surface area (Å²) in [5, 5.41) is -0.0548. The summed E-state index contributed by atoms with van der Waals surface area (Å²) in [6, 6.07) is 4.81. The molecule has 0 aromatic heterocycles. The summed E-state index contributed by atoms with van der Waals surface area (Å²) in [6.07, 6.45) is 3.78. The van der Waals surface area contributed by atoms with Gasteiger partial charge in [0.1, 0.15) is 9.84 Å². The first-order valence-corrected chi connectivity index (χ1v) is 8.90. The van der Waals surface area contributed by atoms with E-state index in [0.717, 1.165) is 12.8 Å². The van der Waals surface area contributed by atoms with E-state index in [1.807, 2.05) is 0 Å². The van der Waals surface area contributed by atoms with E-state index in [2.05, 4.69) is 0 Å². The van der Waals surface area contributed by atoms with E-state index in [0.29, 0.717) is 29.1 Å². The number of hydrogen-bond acceptors (Lipinski definition) is 4. The molecule has 2 atom stereocenters. The number of carbonyl (C=O) groups is 1. The third kappa shape index (κ3) is 3.33. The largest absolute Gasteiger partial charge is 0.398 e. The van der Waals surface area contributed by atoms with Crippen molar-refractivity contribution >= 4 is 32.9 Å². The van der Waals surface area contributed by atoms with Gasteiger partial charge in [0, 0.05) is 17.7 Å². The molecule has 1 saturated carbocycles. The molecule has 0 aliphatic heterocycles. The van der Waals surface area contributed by atoms with Crippen LogP contribution in [0, 0.1) is 5.92 Å². The van der Waals surface area contributed by atoms with Gasteiger partial charge < -0.3 is 5.73 Å². The molecule has 0 heterocycles. The molecule has 0 saturated heterocycles. The third-order valence-electron chi connectivity index (χ3n) is 3.89. The fourth-order valence-corrected chi connectivity index (χ4v) is 4.05. The Morgan fingerprint density at radius 3 is 2.65 bits per heavy atom. The standard InChI is InChI=1S/C14H18ClNO3S/c1-20(18,19)11-4-2-3-9(7-11)14(17)10-5-6-13(16)12(15)8-10/h5-6,8-9,11H,2-4,7,16H2,1H3. The second-order valence-corrected chi connectivity index (χ2v) is 8.15. The molecule has 6 heteroatoms. The highest BCUT2D eigenvalue weighted by molar-refractivity contribution is 7.91. The Morgan fingerprint density at radius 1 is 1.35 bits per heavy atom. The third-order valence-corrected chi connectivity index (χ3v) is 5.85. The first-order chi connectivity index (χ1) is 9.29. The number of rotatable bonds is 3. The minimum Gasteiger partial charge on any atom is -0.398 e. The fourth-order valence-electron chi connectivity index (χ4n) is 2.69. The summed E-state index contributed by atoms with van der Waals surface area (Å²) in [4.78, 5) is 12.4. The molecule has 0 spiro atoms. The monoisotopic (exact) mass is 315 g/mol. The van der Waals surface area contributed by atoms with Gasteiger partial charge in [-0.2, -0.15) is 0 Å². The molecular formula is C14H18ClNO3S. The Hall–Kier alpha value is -1.07. The van der Waals surface area contributed by atoms with Crippen molar-refractivity contribution in [3.05, 3.63) is 28.8 Å². The second kappa shape index (κ2) is 5.74. The molecule has 2 rings (SSSR count). The Bertz CT molecular complexity index is 627. The van der Waals surface area contributed by atoms with Crippen molar-refractivity contribution in [3.8, 4) is 0 Å². The summed E-state index contributed by atoms with van der Waals surface area (Å²) < 4.78 is 23.3. The highest BCUT2D eigenvalue weighted by atomic mass is 35.5. The molecule has 1 fully saturated rings. The Kier molecular flexibility index (Phi) is 4.39. The van der Waals surface area contributed by atoms with Gasteiger partial charge in [0.05, 0.1) is 16.0 Å². The fraction of sp³-hybridized carbons (Fsp3) is 0.500. The zero-order chi connectivity index (χ0) is 14.9. The number of ketones is 1. The van der Waals surface area contributed by atoms with Gasteiger partial charge in [-0.15, -0.1) is 0 Å². The molecular weight excluding hydrogens is 298 g/mol. The summed E-state index contributed by atoms with van der Waals surface area (Å²) >= 11 is 5.92. The van der Waals surface area contributed by atoms with Crippen LogP contribution in [0.5, 0.6) is 0 Å². The molecule has 1 aromatic rings. The maximum Gasteiger partial charge on any atom is 0.166 e. The van der Waals surface area contributed by atoms with E-state index in [-0.39, 0.29) is 11.7 Å². The number of nitrogen functional groups attached to an aromatic ring is 1. The van der Waals surface area contributed by atoms with Crippen molar-refractivity contribution in [1.82, 2.24) is 0 Å². The summed E-state index contributed by atoms with van der Waals surface area (Å²) in [5.74, 6) is -0.289. The Labute approximate surface area is 124 Å². The lowest BCUT2D eigenvalue weighted by Gasteiger charge is -2.27. The first-order valence-electron chi connectivity index (χ1n) is 6.57. The van der Waals surface area contributed by atoms with E-state index in [9.17, 15) is 13.2 Å². The highest BCUT2D eigenvalue weighted by Crippen LogP contribution is 2.32. The minimum atomic E-state index is -3.09. The van der Waals surface area contributed by atoms with Gasteiger partial charge in [0.25, 0.3) is 0 Å². The normalized spacial score (nSPS) is 23.5. The van der Waals surface area contributed by atoms with E-state index in [1.165, 1.54) is 6.26 Å². The summed E-state index contributed by atoms with van der Waals surface area (Å²) in [7, 11) is -3.09. The summed E-state index contributed by atoms with van der Waals surface area (Å²) in [5.41, 5.74) is 6.56. The van der Waals surface area contributed by atoms with Gasteiger partial charge in [-0.05, 0) is 37.5 Å². The molecule has 20 heavy (non-hydrogen) atoms. The van der Waals surface area contributed by atoms with E-state index < -0.39 is 15.1 Å². The smallest absolute Gasteiger partial charge is 0.166 e. The molecule has 2 unspecified atom stereocenters.